The molecule has 4 rings (SSSR count). The van der Waals surface area contributed by atoms with Crippen LogP contribution in [0.1, 0.15) is 22.8 Å². The van der Waals surface area contributed by atoms with E-state index in [9.17, 15) is 4.79 Å². The number of carbonyl (C=O) groups excluding carboxylic acids is 1. The number of anilines is 1. The average molecular weight is 403 g/mol. The van der Waals surface area contributed by atoms with Gasteiger partial charge in [0.1, 0.15) is 11.1 Å². The van der Waals surface area contributed by atoms with Crippen molar-refractivity contribution in [2.45, 2.75) is 13.3 Å². The summed E-state index contributed by atoms with van der Waals surface area (Å²) >= 11 is 5.93. The summed E-state index contributed by atoms with van der Waals surface area (Å²) in [5.74, 6) is -0.299. The van der Waals surface area contributed by atoms with E-state index in [1.807, 2.05) is 48.5 Å². The molecule has 1 heterocycles. The van der Waals surface area contributed by atoms with Gasteiger partial charge in [0, 0.05) is 16.1 Å². The molecular weight excluding hydrogens is 384 g/mol. The lowest BCUT2D eigenvalue weighted by molar-refractivity contribution is 0.102. The molecule has 0 aliphatic carbocycles. The van der Waals surface area contributed by atoms with Crippen molar-refractivity contribution in [1.29, 1.82) is 0 Å². The monoisotopic (exact) mass is 402 g/mol. The minimum atomic E-state index is -0.299. The summed E-state index contributed by atoms with van der Waals surface area (Å²) in [5, 5.41) is 4.32. The predicted octanol–water partition coefficient (Wildman–Crippen LogP) is 6.13. The molecule has 1 N–H and O–H groups in total. The molecule has 4 nitrogen and oxygen atoms in total. The van der Waals surface area contributed by atoms with E-state index >= 15 is 0 Å². The third-order valence-corrected chi connectivity index (χ3v) is 4.80. The minimum Gasteiger partial charge on any atom is -0.438 e. The van der Waals surface area contributed by atoms with Gasteiger partial charge in [-0.25, -0.2) is 4.99 Å². The van der Waals surface area contributed by atoms with Gasteiger partial charge >= 0.3 is 0 Å². The molecular formula is C24H19ClN2O2. The lowest BCUT2D eigenvalue weighted by Gasteiger charge is -2.07. The van der Waals surface area contributed by atoms with E-state index in [1.54, 1.807) is 30.3 Å². The molecule has 1 aromatic heterocycles. The largest absolute Gasteiger partial charge is 0.438 e. The Balaban J connectivity index is 1.82. The van der Waals surface area contributed by atoms with E-state index in [0.29, 0.717) is 21.9 Å². The number of aryl methyl sites for hydroxylation is 1. The number of rotatable bonds is 4. The van der Waals surface area contributed by atoms with Gasteiger partial charge in [-0.2, -0.15) is 0 Å². The van der Waals surface area contributed by atoms with Crippen LogP contribution in [0, 0.1) is 0 Å². The Labute approximate surface area is 173 Å². The predicted molar refractivity (Wildman–Crippen MR) is 117 cm³/mol. The van der Waals surface area contributed by atoms with Gasteiger partial charge in [-0.3, -0.25) is 4.79 Å². The van der Waals surface area contributed by atoms with E-state index in [-0.39, 0.29) is 11.5 Å². The van der Waals surface area contributed by atoms with Crippen molar-refractivity contribution in [2.24, 2.45) is 4.99 Å². The zero-order valence-corrected chi connectivity index (χ0v) is 16.6. The van der Waals surface area contributed by atoms with Crippen molar-refractivity contribution in [2.75, 3.05) is 5.32 Å². The molecule has 5 heteroatoms. The normalized spacial score (nSPS) is 11.6. The van der Waals surface area contributed by atoms with Crippen LogP contribution in [0.2, 0.25) is 5.02 Å². The molecule has 0 aliphatic heterocycles. The molecule has 0 atom stereocenters. The summed E-state index contributed by atoms with van der Waals surface area (Å²) in [7, 11) is 0. The van der Waals surface area contributed by atoms with Gasteiger partial charge in [0.15, 0.2) is 0 Å². The average Bonchev–Trinajstić information content (AvgIpc) is 2.75. The molecule has 0 unspecified atom stereocenters. The van der Waals surface area contributed by atoms with Crippen molar-refractivity contribution >= 4 is 39.9 Å². The van der Waals surface area contributed by atoms with Gasteiger partial charge in [0.2, 0.25) is 5.55 Å². The number of halogens is 1. The van der Waals surface area contributed by atoms with Gasteiger partial charge < -0.3 is 9.73 Å². The first-order chi connectivity index (χ1) is 14.1. The van der Waals surface area contributed by atoms with Gasteiger partial charge in [-0.15, -0.1) is 0 Å². The fourth-order valence-electron chi connectivity index (χ4n) is 3.01. The highest BCUT2D eigenvalue weighted by Crippen LogP contribution is 2.18. The van der Waals surface area contributed by atoms with Gasteiger partial charge in [0.25, 0.3) is 5.91 Å². The van der Waals surface area contributed by atoms with Gasteiger partial charge in [-0.1, -0.05) is 48.9 Å². The molecule has 144 valence electrons. The van der Waals surface area contributed by atoms with Crippen molar-refractivity contribution < 1.29 is 9.21 Å². The third kappa shape index (κ3) is 4.39. The highest BCUT2D eigenvalue weighted by Gasteiger charge is 2.13. The van der Waals surface area contributed by atoms with Crippen molar-refractivity contribution in [3.05, 3.63) is 101 Å². The van der Waals surface area contributed by atoms with E-state index in [0.717, 1.165) is 17.5 Å². The molecule has 0 saturated heterocycles. The van der Waals surface area contributed by atoms with Gasteiger partial charge in [0.05, 0.1) is 5.69 Å². The summed E-state index contributed by atoms with van der Waals surface area (Å²) in [6, 6.07) is 24.2. The maximum atomic E-state index is 13.0. The first-order valence-electron chi connectivity index (χ1n) is 9.36. The molecule has 0 saturated carbocycles. The zero-order valence-electron chi connectivity index (χ0n) is 15.9. The first-order valence-corrected chi connectivity index (χ1v) is 9.73. The Bertz CT molecular complexity index is 1240. The first kappa shape index (κ1) is 19.0. The van der Waals surface area contributed by atoms with Crippen LogP contribution in [0.15, 0.2) is 88.3 Å². The van der Waals surface area contributed by atoms with Gasteiger partial charge in [-0.05, 0) is 60.5 Å². The number of hydrogen-bond donors (Lipinski definition) is 1. The quantitative estimate of drug-likeness (QED) is 0.446. The molecule has 3 aromatic carbocycles. The number of amides is 1. The fourth-order valence-corrected chi connectivity index (χ4v) is 3.14. The molecule has 0 aliphatic rings. The second kappa shape index (κ2) is 8.33. The topological polar surface area (TPSA) is 54.6 Å². The zero-order chi connectivity index (χ0) is 20.2. The summed E-state index contributed by atoms with van der Waals surface area (Å²) in [5.41, 5.74) is 3.85. The molecule has 29 heavy (non-hydrogen) atoms. The summed E-state index contributed by atoms with van der Waals surface area (Å²) in [6.07, 6.45) is 0.905. The summed E-state index contributed by atoms with van der Waals surface area (Å²) < 4.78 is 6.00. The fraction of sp³-hybridized carbons (Fsp3) is 0.0833. The number of nitrogens with zero attached hydrogens (tertiary/aromatic N) is 1. The van der Waals surface area contributed by atoms with Crippen LogP contribution in [0.4, 0.5) is 11.4 Å². The van der Waals surface area contributed by atoms with Crippen LogP contribution >= 0.6 is 11.6 Å². The number of nitrogens with one attached hydrogen (secondary N) is 1. The Kier molecular flexibility index (Phi) is 5.45. The summed E-state index contributed by atoms with van der Waals surface area (Å²) in [4.78, 5) is 17.6. The maximum Gasteiger partial charge on any atom is 0.261 e. The Morgan fingerprint density at radius 1 is 1.00 bits per heavy atom. The lowest BCUT2D eigenvalue weighted by atomic mass is 10.1. The van der Waals surface area contributed by atoms with Crippen molar-refractivity contribution in [1.82, 2.24) is 0 Å². The number of para-hydroxylation sites is 1. The number of hydrogen-bond acceptors (Lipinski definition) is 3. The van der Waals surface area contributed by atoms with E-state index in [4.69, 9.17) is 16.0 Å². The second-order valence-corrected chi connectivity index (χ2v) is 7.04. The van der Waals surface area contributed by atoms with E-state index < -0.39 is 0 Å². The van der Waals surface area contributed by atoms with E-state index in [2.05, 4.69) is 17.2 Å². The van der Waals surface area contributed by atoms with Crippen molar-refractivity contribution in [3.8, 4) is 0 Å². The Morgan fingerprint density at radius 2 is 1.79 bits per heavy atom. The number of carbonyl (C=O) groups is 1. The summed E-state index contributed by atoms with van der Waals surface area (Å²) in [6.45, 7) is 2.09. The molecule has 0 bridgehead atoms. The van der Waals surface area contributed by atoms with Crippen LogP contribution in [-0.4, -0.2) is 5.91 Å². The van der Waals surface area contributed by atoms with Crippen LogP contribution in [0.3, 0.4) is 0 Å². The highest BCUT2D eigenvalue weighted by atomic mass is 35.5. The van der Waals surface area contributed by atoms with E-state index in [1.165, 1.54) is 5.56 Å². The van der Waals surface area contributed by atoms with Crippen LogP contribution < -0.4 is 10.9 Å². The SMILES string of the molecule is CCc1cccc(N=c2oc3ccccc3cc2C(=O)Nc2ccc(Cl)cc2)c1. The molecule has 0 fully saturated rings. The van der Waals surface area contributed by atoms with Crippen LogP contribution in [-0.2, 0) is 6.42 Å². The second-order valence-electron chi connectivity index (χ2n) is 6.60. The van der Waals surface area contributed by atoms with Crippen LogP contribution in [0.25, 0.3) is 11.0 Å². The smallest absolute Gasteiger partial charge is 0.261 e. The Hall–Kier alpha value is -3.37. The lowest BCUT2D eigenvalue weighted by Crippen LogP contribution is -2.21. The molecule has 0 radical (unpaired) electrons. The third-order valence-electron chi connectivity index (χ3n) is 4.55. The highest BCUT2D eigenvalue weighted by molar-refractivity contribution is 6.30. The van der Waals surface area contributed by atoms with Crippen LogP contribution in [0.5, 0.6) is 0 Å². The maximum absolute atomic E-state index is 13.0. The molecule has 1 amide bonds. The number of fused-ring (bicyclic) bond motifs is 1. The molecule has 4 aromatic rings. The van der Waals surface area contributed by atoms with Crippen molar-refractivity contribution in [3.63, 3.8) is 0 Å². The number of benzene rings is 3. The standard InChI is InChI=1S/C24H19ClN2O2/c1-2-16-6-5-8-20(14-16)27-24-21(15-17-7-3-4-9-22(17)29-24)23(28)26-19-12-10-18(25)11-13-19/h3-15H,2H2,1H3,(H,26,28). The minimum absolute atomic E-state index is 0.267. The molecule has 0 spiro atoms. The Morgan fingerprint density at radius 3 is 2.59 bits per heavy atom.